The normalized spacial score (nSPS) is 11.4. The van der Waals surface area contributed by atoms with E-state index in [4.69, 9.17) is 25.8 Å². The Morgan fingerprint density at radius 3 is 2.38 bits per heavy atom. The number of halogens is 1. The van der Waals surface area contributed by atoms with E-state index in [0.717, 1.165) is 5.56 Å². The van der Waals surface area contributed by atoms with E-state index in [1.165, 1.54) is 24.5 Å². The van der Waals surface area contributed by atoms with Crippen molar-refractivity contribution in [3.63, 3.8) is 0 Å². The molecule has 1 atom stereocenters. The highest BCUT2D eigenvalue weighted by Crippen LogP contribution is 2.35. The summed E-state index contributed by atoms with van der Waals surface area (Å²) in [5, 5.41) is 12.1. The van der Waals surface area contributed by atoms with Crippen molar-refractivity contribution in [3.05, 3.63) is 57.4 Å². The first-order valence-electron chi connectivity index (χ1n) is 8.47. The fraction of sp³-hybridized carbons (Fsp3) is 0.190. The van der Waals surface area contributed by atoms with Crippen LogP contribution in [0.25, 0.3) is 11.3 Å². The number of Topliss-reactive ketones (excluding diaryl/α,β-unsaturated/α-hetero) is 1. The van der Waals surface area contributed by atoms with Gasteiger partial charge in [0.1, 0.15) is 10.8 Å². The van der Waals surface area contributed by atoms with Crippen LogP contribution in [-0.2, 0) is 0 Å². The lowest BCUT2D eigenvalue weighted by molar-refractivity contribution is 0.0979. The van der Waals surface area contributed by atoms with Crippen molar-refractivity contribution in [3.8, 4) is 34.6 Å². The van der Waals surface area contributed by atoms with Crippen LogP contribution in [0.2, 0.25) is 5.02 Å². The van der Waals surface area contributed by atoms with E-state index in [-0.39, 0.29) is 5.78 Å². The van der Waals surface area contributed by atoms with Crippen LogP contribution in [-0.4, -0.2) is 32.1 Å². The van der Waals surface area contributed by atoms with E-state index in [1.807, 2.05) is 12.1 Å². The third-order valence-electron chi connectivity index (χ3n) is 4.28. The monoisotopic (exact) mass is 428 g/mol. The molecule has 0 radical (unpaired) electrons. The summed E-state index contributed by atoms with van der Waals surface area (Å²) in [4.78, 5) is 17.4. The maximum Gasteiger partial charge on any atom is 0.186 e. The van der Waals surface area contributed by atoms with Gasteiger partial charge in [0.05, 0.1) is 38.1 Å². The molecule has 0 spiro atoms. The molecule has 0 aliphatic carbocycles. The van der Waals surface area contributed by atoms with Crippen LogP contribution in [0.3, 0.4) is 0 Å². The number of hydrogen-bond acceptors (Lipinski definition) is 7. The van der Waals surface area contributed by atoms with Crippen LogP contribution in [0.1, 0.15) is 21.3 Å². The van der Waals surface area contributed by atoms with Gasteiger partial charge < -0.3 is 14.2 Å². The molecule has 0 saturated carbocycles. The van der Waals surface area contributed by atoms with E-state index in [0.29, 0.717) is 38.5 Å². The van der Waals surface area contributed by atoms with Gasteiger partial charge >= 0.3 is 0 Å². The van der Waals surface area contributed by atoms with Gasteiger partial charge in [-0.15, -0.1) is 11.3 Å². The first kappa shape index (κ1) is 20.6. The van der Waals surface area contributed by atoms with Crippen LogP contribution >= 0.6 is 22.9 Å². The number of methoxy groups -OCH3 is 3. The van der Waals surface area contributed by atoms with Crippen molar-refractivity contribution in [1.82, 2.24) is 4.98 Å². The minimum absolute atomic E-state index is 0.306. The van der Waals surface area contributed by atoms with E-state index >= 15 is 0 Å². The van der Waals surface area contributed by atoms with Gasteiger partial charge in [0.2, 0.25) is 0 Å². The molecular weight excluding hydrogens is 412 g/mol. The molecule has 8 heteroatoms. The smallest absolute Gasteiger partial charge is 0.186 e. The Hall–Kier alpha value is -3.08. The third-order valence-corrected chi connectivity index (χ3v) is 5.48. The molecule has 0 N–H and O–H groups in total. The fourth-order valence-electron chi connectivity index (χ4n) is 2.76. The van der Waals surface area contributed by atoms with E-state index in [1.54, 1.807) is 43.9 Å². The Balaban J connectivity index is 1.91. The molecule has 0 bridgehead atoms. The summed E-state index contributed by atoms with van der Waals surface area (Å²) in [7, 11) is 4.61. The van der Waals surface area contributed by atoms with Gasteiger partial charge in [-0.3, -0.25) is 4.79 Å². The number of aromatic nitrogens is 1. The maximum absolute atomic E-state index is 12.9. The number of carbonyl (C=O) groups is 1. The molecule has 3 aromatic rings. The van der Waals surface area contributed by atoms with Crippen molar-refractivity contribution < 1.29 is 19.0 Å². The summed E-state index contributed by atoms with van der Waals surface area (Å²) < 4.78 is 15.7. The SMILES string of the molecule is COc1ccc(C(=O)C(C#N)c2nc(-c3ccc(OC)c(OC)c3)cs2)cc1Cl. The summed E-state index contributed by atoms with van der Waals surface area (Å²) in [5.74, 6) is 0.235. The van der Waals surface area contributed by atoms with Crippen LogP contribution in [0.15, 0.2) is 41.8 Å². The number of carbonyl (C=O) groups excluding carboxylic acids is 1. The minimum Gasteiger partial charge on any atom is -0.495 e. The number of benzene rings is 2. The predicted molar refractivity (Wildman–Crippen MR) is 111 cm³/mol. The summed E-state index contributed by atoms with van der Waals surface area (Å²) in [6.07, 6.45) is 0. The second kappa shape index (κ2) is 8.95. The van der Waals surface area contributed by atoms with E-state index in [2.05, 4.69) is 4.98 Å². The van der Waals surface area contributed by atoms with Crippen molar-refractivity contribution in [1.29, 1.82) is 5.26 Å². The van der Waals surface area contributed by atoms with Crippen molar-refractivity contribution >= 4 is 28.7 Å². The van der Waals surface area contributed by atoms with Gasteiger partial charge in [0, 0.05) is 16.5 Å². The van der Waals surface area contributed by atoms with Gasteiger partial charge in [0.25, 0.3) is 0 Å². The van der Waals surface area contributed by atoms with Gasteiger partial charge in [-0.1, -0.05) is 11.6 Å². The molecular formula is C21H17ClN2O4S. The molecule has 6 nitrogen and oxygen atoms in total. The molecule has 0 aliphatic rings. The zero-order valence-electron chi connectivity index (χ0n) is 15.9. The molecule has 1 unspecified atom stereocenters. The fourth-order valence-corrected chi connectivity index (χ4v) is 3.89. The standard InChI is InChI=1S/C21H17ClN2O4S/c1-26-17-6-5-13(8-15(17)22)20(25)14(10-23)21-24-16(11-29-21)12-4-7-18(27-2)19(9-12)28-3/h4-9,11,14H,1-3H3. The van der Waals surface area contributed by atoms with Gasteiger partial charge in [-0.2, -0.15) is 5.26 Å². The zero-order chi connectivity index (χ0) is 21.0. The highest BCUT2D eigenvalue weighted by atomic mass is 35.5. The molecule has 0 saturated heterocycles. The Bertz CT molecular complexity index is 1090. The largest absolute Gasteiger partial charge is 0.495 e. The maximum atomic E-state index is 12.9. The van der Waals surface area contributed by atoms with Gasteiger partial charge in [-0.25, -0.2) is 4.98 Å². The summed E-state index contributed by atoms with van der Waals surface area (Å²) in [6.45, 7) is 0. The molecule has 3 rings (SSSR count). The lowest BCUT2D eigenvalue weighted by Crippen LogP contribution is -2.11. The van der Waals surface area contributed by atoms with Crippen LogP contribution in [0.5, 0.6) is 17.2 Å². The second-order valence-electron chi connectivity index (χ2n) is 5.92. The molecule has 2 aromatic carbocycles. The minimum atomic E-state index is -1.03. The first-order chi connectivity index (χ1) is 14.0. The van der Waals surface area contributed by atoms with Crippen LogP contribution < -0.4 is 14.2 Å². The van der Waals surface area contributed by atoms with Crippen LogP contribution in [0, 0.1) is 11.3 Å². The predicted octanol–water partition coefficient (Wildman–Crippen LogP) is 4.98. The number of hydrogen-bond donors (Lipinski definition) is 0. The molecule has 1 heterocycles. The van der Waals surface area contributed by atoms with Crippen molar-refractivity contribution in [2.45, 2.75) is 5.92 Å². The lowest BCUT2D eigenvalue weighted by Gasteiger charge is -2.09. The molecule has 0 amide bonds. The molecule has 29 heavy (non-hydrogen) atoms. The molecule has 0 aliphatic heterocycles. The summed E-state index contributed by atoms with van der Waals surface area (Å²) in [5.41, 5.74) is 1.76. The highest BCUT2D eigenvalue weighted by Gasteiger charge is 2.26. The third kappa shape index (κ3) is 4.19. The number of nitrogens with zero attached hydrogens (tertiary/aromatic N) is 2. The molecule has 0 fully saturated rings. The summed E-state index contributed by atoms with van der Waals surface area (Å²) >= 11 is 7.36. The number of rotatable bonds is 7. The number of nitriles is 1. The highest BCUT2D eigenvalue weighted by molar-refractivity contribution is 7.10. The Labute approximate surface area is 177 Å². The number of thiazole rings is 1. The quantitative estimate of drug-likeness (QED) is 0.493. The Morgan fingerprint density at radius 2 is 1.76 bits per heavy atom. The van der Waals surface area contributed by atoms with Crippen molar-refractivity contribution in [2.75, 3.05) is 21.3 Å². The molecule has 148 valence electrons. The average molecular weight is 429 g/mol. The van der Waals surface area contributed by atoms with Gasteiger partial charge in [-0.05, 0) is 36.4 Å². The Kier molecular flexibility index (Phi) is 6.37. The van der Waals surface area contributed by atoms with E-state index < -0.39 is 5.92 Å². The first-order valence-corrected chi connectivity index (χ1v) is 9.73. The summed E-state index contributed by atoms with van der Waals surface area (Å²) in [6, 6.07) is 12.1. The molecule has 1 aromatic heterocycles. The zero-order valence-corrected chi connectivity index (χ0v) is 17.5. The van der Waals surface area contributed by atoms with Crippen molar-refractivity contribution in [2.24, 2.45) is 0 Å². The lowest BCUT2D eigenvalue weighted by atomic mass is 9.99. The number of ether oxygens (including phenoxy) is 3. The topological polar surface area (TPSA) is 81.4 Å². The van der Waals surface area contributed by atoms with Gasteiger partial charge in [0.15, 0.2) is 23.2 Å². The van der Waals surface area contributed by atoms with Crippen LogP contribution in [0.4, 0.5) is 0 Å². The average Bonchev–Trinajstić information content (AvgIpc) is 3.23. The Morgan fingerprint density at radius 1 is 1.07 bits per heavy atom. The van der Waals surface area contributed by atoms with E-state index in [9.17, 15) is 10.1 Å². The number of ketones is 1. The second-order valence-corrected chi connectivity index (χ2v) is 7.21.